The van der Waals surface area contributed by atoms with Gasteiger partial charge in [-0.1, -0.05) is 36.4 Å². The summed E-state index contributed by atoms with van der Waals surface area (Å²) in [6.45, 7) is 1.94. The third-order valence-corrected chi connectivity index (χ3v) is 6.21. The highest BCUT2D eigenvalue weighted by atomic mass is 32.2. The quantitative estimate of drug-likeness (QED) is 0.523. The van der Waals surface area contributed by atoms with Crippen LogP contribution in [0.15, 0.2) is 83.8 Å². The second kappa shape index (κ2) is 10.1. The van der Waals surface area contributed by atoms with Crippen molar-refractivity contribution in [3.63, 3.8) is 0 Å². The fourth-order valence-corrected chi connectivity index (χ4v) is 4.19. The molecule has 2 N–H and O–H groups in total. The normalized spacial score (nSPS) is 12.1. The Morgan fingerprint density at radius 2 is 1.68 bits per heavy atom. The molecule has 0 saturated carbocycles. The zero-order valence-corrected chi connectivity index (χ0v) is 18.4. The van der Waals surface area contributed by atoms with Gasteiger partial charge in [-0.15, -0.1) is 0 Å². The van der Waals surface area contributed by atoms with E-state index in [2.05, 4.69) is 22.2 Å². The summed E-state index contributed by atoms with van der Waals surface area (Å²) in [6, 6.07) is 22.6. The number of benzene rings is 3. The van der Waals surface area contributed by atoms with Crippen molar-refractivity contribution in [2.45, 2.75) is 30.7 Å². The van der Waals surface area contributed by atoms with Gasteiger partial charge in [0.05, 0.1) is 12.0 Å². The van der Waals surface area contributed by atoms with Crippen LogP contribution in [-0.2, 0) is 16.4 Å². The van der Waals surface area contributed by atoms with E-state index < -0.39 is 10.0 Å². The summed E-state index contributed by atoms with van der Waals surface area (Å²) >= 11 is 0. The molecule has 0 saturated heterocycles. The third kappa shape index (κ3) is 6.33. The standard InChI is InChI=1S/C24H26N2O4S/c1-18(11-12-19-7-4-3-5-8-19)25-24(27)20-9-6-10-23(17-20)31(28,29)26-21-13-15-22(30-2)16-14-21/h3-10,13-18,26H,11-12H2,1-2H3,(H,25,27). The Morgan fingerprint density at radius 3 is 2.35 bits per heavy atom. The molecule has 7 heteroatoms. The Balaban J connectivity index is 1.64. The predicted octanol–water partition coefficient (Wildman–Crippen LogP) is 4.25. The number of sulfonamides is 1. The van der Waals surface area contributed by atoms with Crippen molar-refractivity contribution >= 4 is 21.6 Å². The van der Waals surface area contributed by atoms with Crippen LogP contribution in [0.1, 0.15) is 29.3 Å². The lowest BCUT2D eigenvalue weighted by atomic mass is 10.1. The zero-order valence-electron chi connectivity index (χ0n) is 17.5. The number of amides is 1. The van der Waals surface area contributed by atoms with Crippen molar-refractivity contribution < 1.29 is 17.9 Å². The number of carbonyl (C=O) groups excluding carboxylic acids is 1. The maximum absolute atomic E-state index is 12.7. The van der Waals surface area contributed by atoms with E-state index in [-0.39, 0.29) is 16.8 Å². The number of hydrogen-bond donors (Lipinski definition) is 2. The Hall–Kier alpha value is -3.32. The maximum atomic E-state index is 12.7. The van der Waals surface area contributed by atoms with Gasteiger partial charge in [0, 0.05) is 17.3 Å². The minimum Gasteiger partial charge on any atom is -0.497 e. The van der Waals surface area contributed by atoms with Gasteiger partial charge < -0.3 is 10.1 Å². The van der Waals surface area contributed by atoms with Gasteiger partial charge in [-0.25, -0.2) is 8.42 Å². The molecule has 1 unspecified atom stereocenters. The molecule has 0 bridgehead atoms. The minimum absolute atomic E-state index is 0.0212. The average Bonchev–Trinajstić information content (AvgIpc) is 2.79. The van der Waals surface area contributed by atoms with Crippen molar-refractivity contribution in [1.82, 2.24) is 5.32 Å². The molecule has 1 amide bonds. The van der Waals surface area contributed by atoms with E-state index >= 15 is 0 Å². The van der Waals surface area contributed by atoms with E-state index in [4.69, 9.17) is 4.74 Å². The van der Waals surface area contributed by atoms with Gasteiger partial charge in [0.2, 0.25) is 0 Å². The fraction of sp³-hybridized carbons (Fsp3) is 0.208. The van der Waals surface area contributed by atoms with E-state index in [9.17, 15) is 13.2 Å². The molecule has 0 aromatic heterocycles. The number of aryl methyl sites for hydroxylation is 1. The van der Waals surface area contributed by atoms with Crippen molar-refractivity contribution in [2.75, 3.05) is 11.8 Å². The van der Waals surface area contributed by atoms with Crippen molar-refractivity contribution in [3.05, 3.63) is 90.0 Å². The molecule has 3 rings (SSSR count). The predicted molar refractivity (Wildman–Crippen MR) is 122 cm³/mol. The van der Waals surface area contributed by atoms with Crippen LogP contribution in [0.3, 0.4) is 0 Å². The first-order valence-electron chi connectivity index (χ1n) is 9.99. The summed E-state index contributed by atoms with van der Waals surface area (Å²) in [4.78, 5) is 12.7. The smallest absolute Gasteiger partial charge is 0.261 e. The van der Waals surface area contributed by atoms with E-state index in [1.165, 1.54) is 24.8 Å². The van der Waals surface area contributed by atoms with Gasteiger partial charge in [-0.05, 0) is 67.8 Å². The minimum atomic E-state index is -3.83. The number of methoxy groups -OCH3 is 1. The second-order valence-electron chi connectivity index (χ2n) is 7.26. The van der Waals surface area contributed by atoms with E-state index in [1.807, 2.05) is 25.1 Å². The van der Waals surface area contributed by atoms with Crippen LogP contribution >= 0.6 is 0 Å². The maximum Gasteiger partial charge on any atom is 0.261 e. The second-order valence-corrected chi connectivity index (χ2v) is 8.94. The number of rotatable bonds is 9. The first-order chi connectivity index (χ1) is 14.9. The van der Waals surface area contributed by atoms with Crippen LogP contribution in [0.2, 0.25) is 0 Å². The molecule has 0 aliphatic carbocycles. The first kappa shape index (κ1) is 22.4. The summed E-state index contributed by atoms with van der Waals surface area (Å²) in [5.41, 5.74) is 1.91. The summed E-state index contributed by atoms with van der Waals surface area (Å²) in [5.74, 6) is 0.324. The topological polar surface area (TPSA) is 84.5 Å². The van der Waals surface area contributed by atoms with Crippen molar-refractivity contribution in [3.8, 4) is 5.75 Å². The van der Waals surface area contributed by atoms with Gasteiger partial charge in [0.1, 0.15) is 5.75 Å². The molecule has 31 heavy (non-hydrogen) atoms. The van der Waals surface area contributed by atoms with Crippen molar-refractivity contribution in [2.24, 2.45) is 0 Å². The lowest BCUT2D eigenvalue weighted by Gasteiger charge is -2.15. The number of carbonyl (C=O) groups is 1. The molecule has 3 aromatic rings. The molecular formula is C24H26N2O4S. The van der Waals surface area contributed by atoms with Gasteiger partial charge >= 0.3 is 0 Å². The number of hydrogen-bond acceptors (Lipinski definition) is 4. The lowest BCUT2D eigenvalue weighted by molar-refractivity contribution is 0.0938. The van der Waals surface area contributed by atoms with E-state index in [0.717, 1.165) is 12.8 Å². The molecular weight excluding hydrogens is 412 g/mol. The summed E-state index contributed by atoms with van der Waals surface area (Å²) in [6.07, 6.45) is 1.63. The molecule has 1 atom stereocenters. The monoisotopic (exact) mass is 438 g/mol. The molecule has 0 aliphatic rings. The van der Waals surface area contributed by atoms with Crippen LogP contribution < -0.4 is 14.8 Å². The van der Waals surface area contributed by atoms with E-state index in [0.29, 0.717) is 17.0 Å². The van der Waals surface area contributed by atoms with Crippen LogP contribution in [0.4, 0.5) is 5.69 Å². The zero-order chi connectivity index (χ0) is 22.3. The van der Waals surface area contributed by atoms with E-state index in [1.54, 1.807) is 36.4 Å². The third-order valence-electron chi connectivity index (χ3n) is 4.84. The Morgan fingerprint density at radius 1 is 0.968 bits per heavy atom. The summed E-state index contributed by atoms with van der Waals surface area (Å²) in [7, 11) is -2.29. The van der Waals surface area contributed by atoms with Gasteiger partial charge in [-0.3, -0.25) is 9.52 Å². The number of nitrogens with one attached hydrogen (secondary N) is 2. The highest BCUT2D eigenvalue weighted by Crippen LogP contribution is 2.20. The first-order valence-corrected chi connectivity index (χ1v) is 11.5. The molecule has 0 radical (unpaired) electrons. The number of anilines is 1. The van der Waals surface area contributed by atoms with Crippen LogP contribution in [0, 0.1) is 0 Å². The largest absolute Gasteiger partial charge is 0.497 e. The highest BCUT2D eigenvalue weighted by Gasteiger charge is 2.17. The van der Waals surface area contributed by atoms with Crippen LogP contribution in [-0.4, -0.2) is 27.5 Å². The average molecular weight is 439 g/mol. The fourth-order valence-electron chi connectivity index (χ4n) is 3.08. The Labute approximate surface area is 183 Å². The van der Waals surface area contributed by atoms with Gasteiger partial charge in [0.15, 0.2) is 0 Å². The van der Waals surface area contributed by atoms with Gasteiger partial charge in [-0.2, -0.15) is 0 Å². The molecule has 0 spiro atoms. The molecule has 162 valence electrons. The SMILES string of the molecule is COc1ccc(NS(=O)(=O)c2cccc(C(=O)NC(C)CCc3ccccc3)c2)cc1. The molecule has 0 fully saturated rings. The highest BCUT2D eigenvalue weighted by molar-refractivity contribution is 7.92. The Bertz CT molecular complexity index is 1110. The van der Waals surface area contributed by atoms with Crippen molar-refractivity contribution in [1.29, 1.82) is 0 Å². The molecule has 0 heterocycles. The van der Waals surface area contributed by atoms with Crippen LogP contribution in [0.25, 0.3) is 0 Å². The van der Waals surface area contributed by atoms with Gasteiger partial charge in [0.25, 0.3) is 15.9 Å². The lowest BCUT2D eigenvalue weighted by Crippen LogP contribution is -2.33. The molecule has 6 nitrogen and oxygen atoms in total. The summed E-state index contributed by atoms with van der Waals surface area (Å²) in [5, 5.41) is 2.94. The summed E-state index contributed by atoms with van der Waals surface area (Å²) < 4.78 is 33.1. The molecule has 3 aromatic carbocycles. The van der Waals surface area contributed by atoms with Crippen LogP contribution in [0.5, 0.6) is 5.75 Å². The molecule has 0 aliphatic heterocycles. The Kier molecular flexibility index (Phi) is 7.31. The number of ether oxygens (including phenoxy) is 1.